The minimum absolute atomic E-state index is 0.215. The summed E-state index contributed by atoms with van der Waals surface area (Å²) in [6.45, 7) is 3.90. The highest BCUT2D eigenvalue weighted by Crippen LogP contribution is 2.27. The van der Waals surface area contributed by atoms with Gasteiger partial charge in [-0.1, -0.05) is 35.0 Å². The lowest BCUT2D eigenvalue weighted by molar-refractivity contribution is 0.0949. The topological polar surface area (TPSA) is 55.1 Å². The van der Waals surface area contributed by atoms with E-state index in [9.17, 15) is 4.79 Å². The lowest BCUT2D eigenvalue weighted by Crippen LogP contribution is -2.23. The minimum atomic E-state index is -0.308. The van der Waals surface area contributed by atoms with Crippen molar-refractivity contribution in [3.05, 3.63) is 53.7 Å². The van der Waals surface area contributed by atoms with E-state index < -0.39 is 0 Å². The van der Waals surface area contributed by atoms with E-state index in [4.69, 9.17) is 16.1 Å². The van der Waals surface area contributed by atoms with Crippen molar-refractivity contribution in [1.82, 2.24) is 10.5 Å². The number of hydrogen-bond acceptors (Lipinski definition) is 3. The number of hydrogen-bond donors (Lipinski definition) is 1. The maximum atomic E-state index is 11.6. The van der Waals surface area contributed by atoms with Crippen LogP contribution in [-0.2, 0) is 0 Å². The van der Waals surface area contributed by atoms with Gasteiger partial charge in [0.25, 0.3) is 5.91 Å². The summed E-state index contributed by atoms with van der Waals surface area (Å²) >= 11 is 6.03. The van der Waals surface area contributed by atoms with Gasteiger partial charge >= 0.3 is 0 Å². The van der Waals surface area contributed by atoms with Gasteiger partial charge in [-0.05, 0) is 12.1 Å². The molecule has 0 aliphatic heterocycles. The molecule has 0 radical (unpaired) electrons. The van der Waals surface area contributed by atoms with E-state index in [0.717, 1.165) is 0 Å². The van der Waals surface area contributed by atoms with Crippen molar-refractivity contribution in [3.8, 4) is 11.3 Å². The first kappa shape index (κ1) is 12.4. The van der Waals surface area contributed by atoms with Crippen LogP contribution in [0.4, 0.5) is 0 Å². The number of rotatable bonds is 4. The Morgan fingerprint density at radius 3 is 3.00 bits per heavy atom. The predicted molar refractivity (Wildman–Crippen MR) is 69.5 cm³/mol. The van der Waals surface area contributed by atoms with Crippen LogP contribution in [0.25, 0.3) is 11.3 Å². The van der Waals surface area contributed by atoms with Crippen LogP contribution in [0.3, 0.4) is 0 Å². The quantitative estimate of drug-likeness (QED) is 0.862. The average Bonchev–Trinajstić information content (AvgIpc) is 2.86. The second-order valence-corrected chi connectivity index (χ2v) is 3.96. The van der Waals surface area contributed by atoms with Crippen molar-refractivity contribution < 1.29 is 9.32 Å². The lowest BCUT2D eigenvalue weighted by atomic mass is 10.1. The van der Waals surface area contributed by atoms with Crippen molar-refractivity contribution in [1.29, 1.82) is 0 Å². The van der Waals surface area contributed by atoms with Gasteiger partial charge in [-0.15, -0.1) is 6.58 Å². The molecule has 0 aliphatic rings. The largest absolute Gasteiger partial charge is 0.355 e. The number of halogens is 1. The summed E-state index contributed by atoms with van der Waals surface area (Å²) in [6.07, 6.45) is 1.59. The van der Waals surface area contributed by atoms with Gasteiger partial charge in [0.1, 0.15) is 0 Å². The highest BCUT2D eigenvalue weighted by Gasteiger charge is 2.14. The van der Waals surface area contributed by atoms with Crippen molar-refractivity contribution in [2.45, 2.75) is 0 Å². The first-order chi connectivity index (χ1) is 8.72. The van der Waals surface area contributed by atoms with Gasteiger partial charge in [0, 0.05) is 18.2 Å². The SMILES string of the molecule is C=CCNC(=O)c1cc(-c2ccccc2Cl)on1. The Bertz CT molecular complexity index is 578. The van der Waals surface area contributed by atoms with Gasteiger partial charge < -0.3 is 9.84 Å². The van der Waals surface area contributed by atoms with Gasteiger partial charge in [-0.2, -0.15) is 0 Å². The van der Waals surface area contributed by atoms with Crippen LogP contribution in [0, 0.1) is 0 Å². The molecule has 1 aromatic heterocycles. The normalized spacial score (nSPS) is 10.1. The van der Waals surface area contributed by atoms with Gasteiger partial charge in [0.15, 0.2) is 11.5 Å². The van der Waals surface area contributed by atoms with Gasteiger partial charge in [-0.3, -0.25) is 4.79 Å². The number of amides is 1. The molecule has 5 heteroatoms. The summed E-state index contributed by atoms with van der Waals surface area (Å²) in [7, 11) is 0. The fourth-order valence-electron chi connectivity index (χ4n) is 1.43. The van der Waals surface area contributed by atoms with E-state index in [0.29, 0.717) is 22.9 Å². The maximum absolute atomic E-state index is 11.6. The summed E-state index contributed by atoms with van der Waals surface area (Å²) in [5, 5.41) is 6.87. The van der Waals surface area contributed by atoms with E-state index in [2.05, 4.69) is 17.1 Å². The van der Waals surface area contributed by atoms with Crippen molar-refractivity contribution in [2.24, 2.45) is 0 Å². The van der Waals surface area contributed by atoms with Crippen LogP contribution in [-0.4, -0.2) is 17.6 Å². The zero-order chi connectivity index (χ0) is 13.0. The van der Waals surface area contributed by atoms with E-state index in [-0.39, 0.29) is 11.6 Å². The van der Waals surface area contributed by atoms with Gasteiger partial charge in [0.05, 0.1) is 5.02 Å². The first-order valence-corrected chi connectivity index (χ1v) is 5.71. The fraction of sp³-hybridized carbons (Fsp3) is 0.0769. The molecule has 1 N–H and O–H groups in total. The van der Waals surface area contributed by atoms with Gasteiger partial charge in [0.2, 0.25) is 0 Å². The molecule has 92 valence electrons. The second kappa shape index (κ2) is 5.51. The maximum Gasteiger partial charge on any atom is 0.273 e. The van der Waals surface area contributed by atoms with Crippen LogP contribution in [0.1, 0.15) is 10.5 Å². The highest BCUT2D eigenvalue weighted by atomic mass is 35.5. The van der Waals surface area contributed by atoms with E-state index in [1.54, 1.807) is 24.3 Å². The molecule has 0 unspecified atom stereocenters. The molecule has 0 bridgehead atoms. The molecular formula is C13H11ClN2O2. The van der Waals surface area contributed by atoms with E-state index in [1.165, 1.54) is 0 Å². The molecule has 4 nitrogen and oxygen atoms in total. The molecule has 1 aromatic carbocycles. The molecule has 0 spiro atoms. The number of carbonyl (C=O) groups excluding carboxylic acids is 1. The minimum Gasteiger partial charge on any atom is -0.355 e. The summed E-state index contributed by atoms with van der Waals surface area (Å²) < 4.78 is 5.11. The van der Waals surface area contributed by atoms with E-state index >= 15 is 0 Å². The summed E-state index contributed by atoms with van der Waals surface area (Å²) in [6, 6.07) is 8.76. The zero-order valence-corrected chi connectivity index (χ0v) is 10.3. The third-order valence-corrected chi connectivity index (χ3v) is 2.62. The standard InChI is InChI=1S/C13H11ClN2O2/c1-2-7-15-13(17)11-8-12(18-16-11)9-5-3-4-6-10(9)14/h2-6,8H,1,7H2,(H,15,17). The highest BCUT2D eigenvalue weighted by molar-refractivity contribution is 6.33. The molecule has 0 fully saturated rings. The Morgan fingerprint density at radius 2 is 2.28 bits per heavy atom. The molecule has 1 heterocycles. The van der Waals surface area contributed by atoms with Crippen LogP contribution in [0.5, 0.6) is 0 Å². The number of nitrogens with zero attached hydrogens (tertiary/aromatic N) is 1. The summed E-state index contributed by atoms with van der Waals surface area (Å²) in [5.41, 5.74) is 0.918. The predicted octanol–water partition coefficient (Wildman–Crippen LogP) is 2.91. The number of carbonyl (C=O) groups is 1. The summed E-state index contributed by atoms with van der Waals surface area (Å²) in [4.78, 5) is 11.6. The third kappa shape index (κ3) is 2.60. The Kier molecular flexibility index (Phi) is 3.79. The van der Waals surface area contributed by atoms with E-state index in [1.807, 2.05) is 12.1 Å². The molecular weight excluding hydrogens is 252 g/mol. The number of nitrogens with one attached hydrogen (secondary N) is 1. The molecule has 0 atom stereocenters. The Labute approximate surface area is 109 Å². The number of benzene rings is 1. The molecule has 0 aliphatic carbocycles. The molecule has 1 amide bonds. The van der Waals surface area contributed by atoms with Crippen LogP contribution >= 0.6 is 11.6 Å². The van der Waals surface area contributed by atoms with Gasteiger partial charge in [-0.25, -0.2) is 0 Å². The first-order valence-electron chi connectivity index (χ1n) is 5.33. The van der Waals surface area contributed by atoms with Crippen molar-refractivity contribution >= 4 is 17.5 Å². The van der Waals surface area contributed by atoms with Crippen LogP contribution in [0.2, 0.25) is 5.02 Å². The van der Waals surface area contributed by atoms with Crippen molar-refractivity contribution in [2.75, 3.05) is 6.54 Å². The molecule has 2 rings (SSSR count). The smallest absolute Gasteiger partial charge is 0.273 e. The second-order valence-electron chi connectivity index (χ2n) is 3.55. The summed E-state index contributed by atoms with van der Waals surface area (Å²) in [5.74, 6) is 0.154. The average molecular weight is 263 g/mol. The Morgan fingerprint density at radius 1 is 1.50 bits per heavy atom. The van der Waals surface area contributed by atoms with Crippen LogP contribution in [0.15, 0.2) is 47.5 Å². The molecule has 2 aromatic rings. The molecule has 18 heavy (non-hydrogen) atoms. The third-order valence-electron chi connectivity index (χ3n) is 2.29. The Balaban J connectivity index is 2.23. The lowest BCUT2D eigenvalue weighted by Gasteiger charge is -1.97. The molecule has 0 saturated heterocycles. The van der Waals surface area contributed by atoms with Crippen molar-refractivity contribution in [3.63, 3.8) is 0 Å². The zero-order valence-electron chi connectivity index (χ0n) is 9.52. The monoisotopic (exact) mass is 262 g/mol. The Hall–Kier alpha value is -2.07. The molecule has 0 saturated carbocycles. The fourth-order valence-corrected chi connectivity index (χ4v) is 1.65. The number of aromatic nitrogens is 1. The van der Waals surface area contributed by atoms with Crippen LogP contribution < -0.4 is 5.32 Å².